The van der Waals surface area contributed by atoms with Gasteiger partial charge in [-0.1, -0.05) is 6.07 Å². The average Bonchev–Trinajstić information content (AvgIpc) is 2.65. The van der Waals surface area contributed by atoms with Gasteiger partial charge in [0.15, 0.2) is 0 Å². The quantitative estimate of drug-likeness (QED) is 0.819. The van der Waals surface area contributed by atoms with Crippen molar-refractivity contribution in [3.05, 3.63) is 47.5 Å². The van der Waals surface area contributed by atoms with Gasteiger partial charge in [0.2, 0.25) is 0 Å². The summed E-state index contributed by atoms with van der Waals surface area (Å²) >= 11 is 0. The molecule has 0 bridgehead atoms. The molecule has 2 rings (SSSR count). The summed E-state index contributed by atoms with van der Waals surface area (Å²) in [5.41, 5.74) is 1.05. The second kappa shape index (κ2) is 3.87. The van der Waals surface area contributed by atoms with Crippen LogP contribution in [0.3, 0.4) is 0 Å². The van der Waals surface area contributed by atoms with Gasteiger partial charge < -0.3 is 9.52 Å². The predicted molar refractivity (Wildman–Crippen MR) is 54.8 cm³/mol. The summed E-state index contributed by atoms with van der Waals surface area (Å²) in [6, 6.07) is 7.97. The van der Waals surface area contributed by atoms with Crippen molar-refractivity contribution in [3.8, 4) is 11.3 Å². The highest BCUT2D eigenvalue weighted by molar-refractivity contribution is 5.59. The minimum Gasteiger partial charge on any atom is -0.461 e. The molecule has 0 atom stereocenters. The lowest BCUT2D eigenvalue weighted by atomic mass is 10.1. The molecule has 2 nitrogen and oxygen atoms in total. The maximum Gasteiger partial charge on any atom is 0.137 e. The van der Waals surface area contributed by atoms with Crippen molar-refractivity contribution >= 4 is 0 Å². The number of benzene rings is 1. The lowest BCUT2D eigenvalue weighted by Crippen LogP contribution is -1.88. The van der Waals surface area contributed by atoms with Crippen molar-refractivity contribution < 1.29 is 13.9 Å². The Balaban J connectivity index is 2.51. The van der Waals surface area contributed by atoms with Gasteiger partial charge in [-0.15, -0.1) is 0 Å². The predicted octanol–water partition coefficient (Wildman–Crippen LogP) is 2.89. The Hall–Kier alpha value is -1.61. The molecular weight excluding hydrogens is 195 g/mol. The minimum absolute atomic E-state index is 0.104. The van der Waals surface area contributed by atoms with E-state index in [4.69, 9.17) is 9.52 Å². The van der Waals surface area contributed by atoms with Crippen molar-refractivity contribution in [3.63, 3.8) is 0 Å². The highest BCUT2D eigenvalue weighted by Gasteiger charge is 2.09. The van der Waals surface area contributed by atoms with E-state index in [9.17, 15) is 4.39 Å². The van der Waals surface area contributed by atoms with Crippen molar-refractivity contribution in [1.29, 1.82) is 0 Å². The minimum atomic E-state index is -0.346. The number of aryl methyl sites for hydroxylation is 1. The van der Waals surface area contributed by atoms with Crippen LogP contribution < -0.4 is 0 Å². The average molecular weight is 206 g/mol. The van der Waals surface area contributed by atoms with Crippen LogP contribution in [0.25, 0.3) is 11.3 Å². The number of hydrogen-bond acceptors (Lipinski definition) is 2. The van der Waals surface area contributed by atoms with Crippen LogP contribution in [0.15, 0.2) is 34.7 Å². The normalized spacial score (nSPS) is 10.6. The summed E-state index contributed by atoms with van der Waals surface area (Å²) in [6.45, 7) is 1.70. The monoisotopic (exact) mass is 206 g/mol. The smallest absolute Gasteiger partial charge is 0.137 e. The fourth-order valence-corrected chi connectivity index (χ4v) is 1.44. The topological polar surface area (TPSA) is 33.4 Å². The zero-order valence-electron chi connectivity index (χ0n) is 8.33. The molecule has 2 aromatic rings. The van der Waals surface area contributed by atoms with Gasteiger partial charge in [-0.25, -0.2) is 4.39 Å². The molecule has 0 spiro atoms. The molecule has 0 fully saturated rings. The van der Waals surface area contributed by atoms with Crippen LogP contribution >= 0.6 is 0 Å². The molecule has 0 aliphatic heterocycles. The second-order valence-corrected chi connectivity index (χ2v) is 3.38. The molecule has 3 heteroatoms. The van der Waals surface area contributed by atoms with Gasteiger partial charge in [0, 0.05) is 0 Å². The third-order valence-electron chi connectivity index (χ3n) is 2.22. The molecule has 1 aromatic heterocycles. The fourth-order valence-electron chi connectivity index (χ4n) is 1.44. The maximum absolute atomic E-state index is 13.5. The largest absolute Gasteiger partial charge is 0.461 e. The van der Waals surface area contributed by atoms with E-state index in [-0.39, 0.29) is 12.4 Å². The SMILES string of the molecule is Cc1ccc(-c2cc(CO)ccc2F)o1. The summed E-state index contributed by atoms with van der Waals surface area (Å²) in [6.07, 6.45) is 0. The highest BCUT2D eigenvalue weighted by atomic mass is 19.1. The van der Waals surface area contributed by atoms with E-state index < -0.39 is 0 Å². The highest BCUT2D eigenvalue weighted by Crippen LogP contribution is 2.25. The van der Waals surface area contributed by atoms with Crippen LogP contribution in [-0.4, -0.2) is 5.11 Å². The Morgan fingerprint density at radius 2 is 2.07 bits per heavy atom. The number of aliphatic hydroxyl groups is 1. The van der Waals surface area contributed by atoms with E-state index in [0.29, 0.717) is 16.9 Å². The summed E-state index contributed by atoms with van der Waals surface area (Å²) in [5, 5.41) is 8.95. The Morgan fingerprint density at radius 1 is 1.27 bits per heavy atom. The third-order valence-corrected chi connectivity index (χ3v) is 2.22. The number of aliphatic hydroxyl groups excluding tert-OH is 1. The van der Waals surface area contributed by atoms with E-state index in [1.54, 1.807) is 31.2 Å². The molecule has 0 saturated carbocycles. The molecular formula is C12H11FO2. The molecule has 1 aromatic carbocycles. The number of hydrogen-bond donors (Lipinski definition) is 1. The summed E-state index contributed by atoms with van der Waals surface area (Å²) in [4.78, 5) is 0. The van der Waals surface area contributed by atoms with Gasteiger partial charge >= 0.3 is 0 Å². The van der Waals surface area contributed by atoms with Gasteiger partial charge in [0.25, 0.3) is 0 Å². The van der Waals surface area contributed by atoms with Crippen LogP contribution in [0.1, 0.15) is 11.3 Å². The number of halogens is 1. The Bertz CT molecular complexity index is 474. The molecule has 15 heavy (non-hydrogen) atoms. The van der Waals surface area contributed by atoms with Crippen molar-refractivity contribution in [2.45, 2.75) is 13.5 Å². The molecule has 0 radical (unpaired) electrons. The second-order valence-electron chi connectivity index (χ2n) is 3.38. The van der Waals surface area contributed by atoms with E-state index >= 15 is 0 Å². The van der Waals surface area contributed by atoms with Gasteiger partial charge in [-0.2, -0.15) is 0 Å². The van der Waals surface area contributed by atoms with Crippen LogP contribution in [0.2, 0.25) is 0 Å². The third kappa shape index (κ3) is 1.92. The molecule has 1 heterocycles. The fraction of sp³-hybridized carbons (Fsp3) is 0.167. The van der Waals surface area contributed by atoms with Crippen LogP contribution in [0, 0.1) is 12.7 Å². The standard InChI is InChI=1S/C12H11FO2/c1-8-2-5-12(15-8)10-6-9(7-14)3-4-11(10)13/h2-6,14H,7H2,1H3. The molecule has 0 aliphatic carbocycles. The van der Waals surface area contributed by atoms with E-state index in [0.717, 1.165) is 5.76 Å². The van der Waals surface area contributed by atoms with Gasteiger partial charge in [0.05, 0.1) is 12.2 Å². The summed E-state index contributed by atoms with van der Waals surface area (Å²) in [5.74, 6) is 0.876. The van der Waals surface area contributed by atoms with Gasteiger partial charge in [-0.3, -0.25) is 0 Å². The Kier molecular flexibility index (Phi) is 2.56. The molecule has 1 N–H and O–H groups in total. The first-order chi connectivity index (χ1) is 7.20. The summed E-state index contributed by atoms with van der Waals surface area (Å²) in [7, 11) is 0. The van der Waals surface area contributed by atoms with E-state index in [1.807, 2.05) is 0 Å². The molecule has 0 saturated heterocycles. The first-order valence-electron chi connectivity index (χ1n) is 4.67. The molecule has 0 amide bonds. The van der Waals surface area contributed by atoms with Crippen molar-refractivity contribution in [1.82, 2.24) is 0 Å². The Morgan fingerprint density at radius 3 is 2.67 bits per heavy atom. The summed E-state index contributed by atoms with van der Waals surface area (Å²) < 4.78 is 18.8. The number of furan rings is 1. The molecule has 0 unspecified atom stereocenters. The van der Waals surface area contributed by atoms with Crippen LogP contribution in [0.5, 0.6) is 0 Å². The first kappa shape index (κ1) is 9.93. The van der Waals surface area contributed by atoms with Crippen molar-refractivity contribution in [2.75, 3.05) is 0 Å². The number of rotatable bonds is 2. The first-order valence-corrected chi connectivity index (χ1v) is 4.67. The van der Waals surface area contributed by atoms with Gasteiger partial charge in [0.1, 0.15) is 17.3 Å². The lowest BCUT2D eigenvalue weighted by Gasteiger charge is -2.02. The van der Waals surface area contributed by atoms with Crippen LogP contribution in [0.4, 0.5) is 4.39 Å². The molecule has 0 aliphatic rings. The zero-order valence-corrected chi connectivity index (χ0v) is 8.33. The van der Waals surface area contributed by atoms with Gasteiger partial charge in [-0.05, 0) is 36.8 Å². The maximum atomic E-state index is 13.5. The zero-order chi connectivity index (χ0) is 10.8. The van der Waals surface area contributed by atoms with Crippen molar-refractivity contribution in [2.24, 2.45) is 0 Å². The Labute approximate surface area is 87.0 Å². The lowest BCUT2D eigenvalue weighted by molar-refractivity contribution is 0.281. The van der Waals surface area contributed by atoms with E-state index in [2.05, 4.69) is 0 Å². The van der Waals surface area contributed by atoms with Crippen LogP contribution in [-0.2, 0) is 6.61 Å². The van der Waals surface area contributed by atoms with E-state index in [1.165, 1.54) is 6.07 Å². The molecule has 78 valence electrons.